The summed E-state index contributed by atoms with van der Waals surface area (Å²) < 4.78 is 3.98. The fourth-order valence-electron chi connectivity index (χ4n) is 3.72. The fourth-order valence-corrected chi connectivity index (χ4v) is 3.72. The first kappa shape index (κ1) is 19.1. The zero-order valence-corrected chi connectivity index (χ0v) is 16.8. The van der Waals surface area contributed by atoms with Gasteiger partial charge in [-0.05, 0) is 26.7 Å². The Kier molecular flexibility index (Phi) is 5.55. The number of anilines is 1. The molecule has 4 rings (SSSR count). The number of rotatable bonds is 6. The van der Waals surface area contributed by atoms with Crippen LogP contribution in [0.3, 0.4) is 0 Å². The molecule has 0 radical (unpaired) electrons. The largest absolute Gasteiger partial charge is 0.356 e. The number of amides is 1. The van der Waals surface area contributed by atoms with E-state index in [1.165, 1.54) is 0 Å². The Bertz CT molecular complexity index is 970. The summed E-state index contributed by atoms with van der Waals surface area (Å²) in [6.45, 7) is 6.88. The third kappa shape index (κ3) is 4.28. The summed E-state index contributed by atoms with van der Waals surface area (Å²) >= 11 is 0. The molecule has 0 saturated carbocycles. The quantitative estimate of drug-likeness (QED) is 0.681. The third-order valence-electron chi connectivity index (χ3n) is 5.48. The molecule has 1 N–H and O–H groups in total. The fraction of sp³-hybridized carbons (Fsp3) is 0.450. The standard InChI is InChI=1S/C20H26N8O/c1-15-21-5-10-26(15)11-6-23-20(29)17-3-8-27(9-4-17)18-13-19(25-14-24-18)28-12-7-22-16(28)2/h5,7,10,12-14,17H,3-4,6,8-9,11H2,1-2H3,(H,23,29). The number of aromatic nitrogens is 6. The van der Waals surface area contributed by atoms with Crippen molar-refractivity contribution >= 4 is 11.7 Å². The van der Waals surface area contributed by atoms with Gasteiger partial charge in [0.1, 0.15) is 29.6 Å². The molecular weight excluding hydrogens is 368 g/mol. The zero-order valence-electron chi connectivity index (χ0n) is 16.8. The summed E-state index contributed by atoms with van der Waals surface area (Å²) in [6.07, 6.45) is 10.6. The monoisotopic (exact) mass is 394 g/mol. The highest BCUT2D eigenvalue weighted by molar-refractivity contribution is 5.78. The van der Waals surface area contributed by atoms with Crippen molar-refractivity contribution in [3.05, 3.63) is 48.8 Å². The number of hydrogen-bond acceptors (Lipinski definition) is 6. The average molecular weight is 394 g/mol. The van der Waals surface area contributed by atoms with Crippen LogP contribution < -0.4 is 10.2 Å². The van der Waals surface area contributed by atoms with E-state index in [1.54, 1.807) is 18.7 Å². The molecule has 3 aromatic rings. The molecule has 1 aliphatic rings. The molecule has 3 aromatic heterocycles. The maximum Gasteiger partial charge on any atom is 0.223 e. The minimum atomic E-state index is 0.0485. The van der Waals surface area contributed by atoms with Gasteiger partial charge in [0.15, 0.2) is 0 Å². The van der Waals surface area contributed by atoms with Gasteiger partial charge in [0, 0.05) is 63.0 Å². The maximum absolute atomic E-state index is 12.5. The van der Waals surface area contributed by atoms with Crippen LogP contribution in [0.25, 0.3) is 5.82 Å². The minimum Gasteiger partial charge on any atom is -0.356 e. The van der Waals surface area contributed by atoms with Gasteiger partial charge in [0.25, 0.3) is 0 Å². The van der Waals surface area contributed by atoms with Crippen molar-refractivity contribution in [1.82, 2.24) is 34.4 Å². The van der Waals surface area contributed by atoms with Crippen LogP contribution >= 0.6 is 0 Å². The Balaban J connectivity index is 1.30. The number of hydrogen-bond donors (Lipinski definition) is 1. The van der Waals surface area contributed by atoms with Gasteiger partial charge in [-0.25, -0.2) is 19.9 Å². The van der Waals surface area contributed by atoms with E-state index >= 15 is 0 Å². The summed E-state index contributed by atoms with van der Waals surface area (Å²) in [5.74, 6) is 3.72. The van der Waals surface area contributed by atoms with Gasteiger partial charge >= 0.3 is 0 Å². The molecule has 0 aromatic carbocycles. The van der Waals surface area contributed by atoms with Gasteiger partial charge in [-0.2, -0.15) is 0 Å². The van der Waals surface area contributed by atoms with Gasteiger partial charge in [-0.1, -0.05) is 0 Å². The lowest BCUT2D eigenvalue weighted by Gasteiger charge is -2.32. The van der Waals surface area contributed by atoms with Crippen LogP contribution in [0.1, 0.15) is 24.5 Å². The summed E-state index contributed by atoms with van der Waals surface area (Å²) in [6, 6.07) is 1.97. The molecule has 9 nitrogen and oxygen atoms in total. The molecule has 0 bridgehead atoms. The summed E-state index contributed by atoms with van der Waals surface area (Å²) in [5, 5.41) is 3.06. The zero-order chi connectivity index (χ0) is 20.2. The summed E-state index contributed by atoms with van der Waals surface area (Å²) in [4.78, 5) is 32.0. The normalized spacial score (nSPS) is 14.9. The molecule has 1 aliphatic heterocycles. The molecule has 0 unspecified atom stereocenters. The van der Waals surface area contributed by atoms with Crippen LogP contribution in [-0.4, -0.2) is 54.6 Å². The van der Waals surface area contributed by atoms with Gasteiger partial charge in [0.05, 0.1) is 0 Å². The highest BCUT2D eigenvalue weighted by Crippen LogP contribution is 2.23. The van der Waals surface area contributed by atoms with Crippen LogP contribution in [0.4, 0.5) is 5.82 Å². The average Bonchev–Trinajstić information content (AvgIpc) is 3.36. The van der Waals surface area contributed by atoms with E-state index < -0.39 is 0 Å². The van der Waals surface area contributed by atoms with Gasteiger partial charge in [-0.15, -0.1) is 0 Å². The van der Waals surface area contributed by atoms with Gasteiger partial charge in [0.2, 0.25) is 5.91 Å². The lowest BCUT2D eigenvalue weighted by atomic mass is 9.96. The molecular formula is C20H26N8O. The number of imidazole rings is 2. The predicted molar refractivity (Wildman–Crippen MR) is 109 cm³/mol. The molecule has 0 aliphatic carbocycles. The Labute approximate surface area is 169 Å². The highest BCUT2D eigenvalue weighted by atomic mass is 16.1. The molecule has 9 heteroatoms. The van der Waals surface area contributed by atoms with E-state index in [1.807, 2.05) is 41.4 Å². The first-order chi connectivity index (χ1) is 14.1. The topological polar surface area (TPSA) is 93.8 Å². The Morgan fingerprint density at radius 3 is 2.45 bits per heavy atom. The van der Waals surface area contributed by atoms with Crippen molar-refractivity contribution in [3.63, 3.8) is 0 Å². The Hall–Kier alpha value is -3.23. The van der Waals surface area contributed by atoms with Crippen LogP contribution in [0.5, 0.6) is 0 Å². The van der Waals surface area contributed by atoms with Crippen molar-refractivity contribution < 1.29 is 4.79 Å². The number of nitrogens with one attached hydrogen (secondary N) is 1. The molecule has 1 saturated heterocycles. The second kappa shape index (κ2) is 8.42. The number of carbonyl (C=O) groups is 1. The van der Waals surface area contributed by atoms with Crippen molar-refractivity contribution in [3.8, 4) is 5.82 Å². The van der Waals surface area contributed by atoms with Crippen molar-refractivity contribution in [1.29, 1.82) is 0 Å². The lowest BCUT2D eigenvalue weighted by Crippen LogP contribution is -2.41. The molecule has 152 valence electrons. The summed E-state index contributed by atoms with van der Waals surface area (Å²) in [5.41, 5.74) is 0. The maximum atomic E-state index is 12.5. The molecule has 0 spiro atoms. The number of nitrogens with zero attached hydrogens (tertiary/aromatic N) is 7. The van der Waals surface area contributed by atoms with E-state index in [2.05, 4.69) is 30.2 Å². The SMILES string of the molecule is Cc1nccn1CCNC(=O)C1CCN(c2cc(-n3ccnc3C)ncn2)CC1. The first-order valence-corrected chi connectivity index (χ1v) is 9.94. The second-order valence-electron chi connectivity index (χ2n) is 7.30. The first-order valence-electron chi connectivity index (χ1n) is 9.94. The predicted octanol–water partition coefficient (Wildman–Crippen LogP) is 1.51. The van der Waals surface area contributed by atoms with E-state index in [9.17, 15) is 4.79 Å². The van der Waals surface area contributed by atoms with E-state index in [4.69, 9.17) is 0 Å². The highest BCUT2D eigenvalue weighted by Gasteiger charge is 2.25. The van der Waals surface area contributed by atoms with Crippen molar-refractivity contribution in [2.75, 3.05) is 24.5 Å². The van der Waals surface area contributed by atoms with E-state index in [0.29, 0.717) is 6.54 Å². The molecule has 0 atom stereocenters. The van der Waals surface area contributed by atoms with Crippen LogP contribution in [0.15, 0.2) is 37.2 Å². The minimum absolute atomic E-state index is 0.0485. The number of piperidine rings is 1. The number of carbonyl (C=O) groups excluding carboxylic acids is 1. The summed E-state index contributed by atoms with van der Waals surface area (Å²) in [7, 11) is 0. The van der Waals surface area contributed by atoms with Crippen LogP contribution in [0.2, 0.25) is 0 Å². The molecule has 1 amide bonds. The van der Waals surface area contributed by atoms with Crippen molar-refractivity contribution in [2.24, 2.45) is 5.92 Å². The Morgan fingerprint density at radius 2 is 1.76 bits per heavy atom. The van der Waals surface area contributed by atoms with Crippen LogP contribution in [0, 0.1) is 19.8 Å². The number of aryl methyl sites for hydroxylation is 2. The molecule has 29 heavy (non-hydrogen) atoms. The van der Waals surface area contributed by atoms with Crippen molar-refractivity contribution in [2.45, 2.75) is 33.2 Å². The van der Waals surface area contributed by atoms with Crippen LogP contribution in [-0.2, 0) is 11.3 Å². The smallest absolute Gasteiger partial charge is 0.223 e. The van der Waals surface area contributed by atoms with E-state index in [-0.39, 0.29) is 11.8 Å². The molecule has 4 heterocycles. The van der Waals surface area contributed by atoms with E-state index in [0.717, 1.165) is 55.8 Å². The van der Waals surface area contributed by atoms with Gasteiger partial charge < -0.3 is 14.8 Å². The van der Waals surface area contributed by atoms with Gasteiger partial charge in [-0.3, -0.25) is 9.36 Å². The Morgan fingerprint density at radius 1 is 1.03 bits per heavy atom. The second-order valence-corrected chi connectivity index (χ2v) is 7.30. The molecule has 1 fully saturated rings. The third-order valence-corrected chi connectivity index (χ3v) is 5.48. The lowest BCUT2D eigenvalue weighted by molar-refractivity contribution is -0.125.